The lowest BCUT2D eigenvalue weighted by atomic mass is 9.97. The third-order valence-corrected chi connectivity index (χ3v) is 11.6. The predicted molar refractivity (Wildman–Crippen MR) is 218 cm³/mol. The van der Waals surface area contributed by atoms with Gasteiger partial charge in [0, 0.05) is 78.9 Å². The molecule has 2 N–H and O–H groups in total. The van der Waals surface area contributed by atoms with Crippen LogP contribution in [0, 0.1) is 10.1 Å². The molecule has 2 amide bonds. The zero-order valence-corrected chi connectivity index (χ0v) is 32.4. The maximum absolute atomic E-state index is 13.2. The van der Waals surface area contributed by atoms with E-state index in [0.717, 1.165) is 33.3 Å². The summed E-state index contributed by atoms with van der Waals surface area (Å²) in [6, 6.07) is 29.7. The number of aryl methyl sites for hydroxylation is 1. The molecule has 2 heterocycles. The molecule has 13 nitrogen and oxygen atoms in total. The second kappa shape index (κ2) is 18.6. The quantitative estimate of drug-likeness (QED) is 0.0475. The largest absolute Gasteiger partial charge is 0.492 e. The number of rotatable bonds is 16. The first-order valence-electron chi connectivity index (χ1n) is 18.2. The van der Waals surface area contributed by atoms with E-state index in [1.165, 1.54) is 24.3 Å². The van der Waals surface area contributed by atoms with Crippen LogP contribution in [0.5, 0.6) is 5.75 Å². The molecule has 15 heteroatoms. The van der Waals surface area contributed by atoms with Crippen molar-refractivity contribution in [3.05, 3.63) is 137 Å². The number of ether oxygens (including phenoxy) is 1. The van der Waals surface area contributed by atoms with Crippen LogP contribution in [0.25, 0.3) is 11.1 Å². The predicted octanol–water partition coefficient (Wildman–Crippen LogP) is 6.66. The van der Waals surface area contributed by atoms with Gasteiger partial charge in [0.2, 0.25) is 5.91 Å². The highest BCUT2D eigenvalue weighted by molar-refractivity contribution is 7.99. The Balaban J connectivity index is 0.993. The second-order valence-electron chi connectivity index (χ2n) is 12.9. The molecular weight excluding hydrogens is 753 g/mol. The number of amides is 2. The van der Waals surface area contributed by atoms with Gasteiger partial charge in [0.15, 0.2) is 0 Å². The van der Waals surface area contributed by atoms with Crippen LogP contribution < -0.4 is 19.7 Å². The van der Waals surface area contributed by atoms with Gasteiger partial charge in [-0.3, -0.25) is 24.7 Å². The minimum atomic E-state index is -4.42. The number of thioether (sulfide) groups is 1. The Morgan fingerprint density at radius 3 is 2.38 bits per heavy atom. The number of carbonyl (C=O) groups is 2. The number of nitrogens with zero attached hydrogens (tertiary/aromatic N) is 4. The normalized spacial score (nSPS) is 12.9. The van der Waals surface area contributed by atoms with Gasteiger partial charge in [-0.2, -0.15) is 0 Å². The van der Waals surface area contributed by atoms with E-state index in [1.54, 1.807) is 36.3 Å². The number of aromatic nitrogens is 1. The molecule has 0 spiro atoms. The standard InChI is InChI=1S/C41H42N6O7S2/c1-2-54-34-26-32(28-42-29-34)37-11-7-6-8-30(37)14-19-40(48)46-23-21-45(22-24-46)33-15-12-31(13-16-33)41(49)44-56(52,53)36-17-18-38(39(27-36)47(50)51)43-20-25-55-35-9-4-3-5-10-35/h3-13,15-18,26-29,43H,2,14,19-25H2,1H3,(H,44,49). The van der Waals surface area contributed by atoms with Crippen LogP contribution in [0.2, 0.25) is 0 Å². The highest BCUT2D eigenvalue weighted by Gasteiger charge is 2.25. The van der Waals surface area contributed by atoms with Gasteiger partial charge in [0.05, 0.1) is 22.6 Å². The Bertz CT molecular complexity index is 2270. The summed E-state index contributed by atoms with van der Waals surface area (Å²) in [5.41, 5.74) is 3.71. The average molecular weight is 795 g/mol. The molecule has 4 aromatic carbocycles. The smallest absolute Gasteiger partial charge is 0.293 e. The van der Waals surface area contributed by atoms with Gasteiger partial charge in [-0.15, -0.1) is 11.8 Å². The first kappa shape index (κ1) is 39.8. The number of carbonyl (C=O) groups excluding carboxylic acids is 2. The highest BCUT2D eigenvalue weighted by Crippen LogP contribution is 2.29. The van der Waals surface area contributed by atoms with Gasteiger partial charge in [-0.25, -0.2) is 13.1 Å². The van der Waals surface area contributed by atoms with E-state index in [0.29, 0.717) is 63.7 Å². The SMILES string of the molecule is CCOc1cncc(-c2ccccc2CCC(=O)N2CCN(c3ccc(C(=O)NS(=O)(=O)c4ccc(NCCSc5ccccc5)c([N+](=O)[O-])c4)cc3)CC2)c1. The lowest BCUT2D eigenvalue weighted by Gasteiger charge is -2.36. The fraction of sp³-hybridized carbons (Fsp3) is 0.244. The molecule has 0 aliphatic carbocycles. The molecule has 290 valence electrons. The van der Waals surface area contributed by atoms with Crippen LogP contribution in [-0.2, 0) is 21.2 Å². The summed E-state index contributed by atoms with van der Waals surface area (Å²) in [6.45, 7) is 5.14. The zero-order valence-electron chi connectivity index (χ0n) is 30.8. The molecule has 1 saturated heterocycles. The summed E-state index contributed by atoms with van der Waals surface area (Å²) < 4.78 is 33.9. The molecule has 0 unspecified atom stereocenters. The minimum absolute atomic E-state index is 0.0723. The molecule has 56 heavy (non-hydrogen) atoms. The number of hydrogen-bond donors (Lipinski definition) is 2. The van der Waals surface area contributed by atoms with E-state index in [9.17, 15) is 28.1 Å². The number of anilines is 2. The minimum Gasteiger partial charge on any atom is -0.492 e. The Hall–Kier alpha value is -5.93. The Labute approximate surface area is 330 Å². The molecule has 1 aromatic heterocycles. The number of sulfonamides is 1. The molecule has 0 atom stereocenters. The fourth-order valence-electron chi connectivity index (χ4n) is 6.36. The fourth-order valence-corrected chi connectivity index (χ4v) is 8.14. The van der Waals surface area contributed by atoms with Gasteiger partial charge in [0.1, 0.15) is 11.4 Å². The summed E-state index contributed by atoms with van der Waals surface area (Å²) in [5.74, 6) is 0.538. The van der Waals surface area contributed by atoms with Crippen molar-refractivity contribution in [2.45, 2.75) is 29.6 Å². The average Bonchev–Trinajstić information content (AvgIpc) is 3.22. The number of piperazine rings is 1. The summed E-state index contributed by atoms with van der Waals surface area (Å²) in [4.78, 5) is 46.4. The van der Waals surface area contributed by atoms with E-state index in [2.05, 4.69) is 15.2 Å². The Kier molecular flexibility index (Phi) is 13.2. The molecule has 0 bridgehead atoms. The molecular formula is C41H42N6O7S2. The van der Waals surface area contributed by atoms with Crippen molar-refractivity contribution >= 4 is 50.7 Å². The Morgan fingerprint density at radius 2 is 1.64 bits per heavy atom. The molecule has 1 fully saturated rings. The van der Waals surface area contributed by atoms with Crippen molar-refractivity contribution in [2.24, 2.45) is 0 Å². The van der Waals surface area contributed by atoms with Crippen molar-refractivity contribution in [1.29, 1.82) is 0 Å². The van der Waals surface area contributed by atoms with Gasteiger partial charge in [-0.05, 0) is 79.1 Å². The highest BCUT2D eigenvalue weighted by atomic mass is 32.2. The van der Waals surface area contributed by atoms with Crippen molar-refractivity contribution < 1.29 is 27.7 Å². The third kappa shape index (κ3) is 10.2. The summed E-state index contributed by atoms with van der Waals surface area (Å²) in [5, 5.41) is 14.8. The van der Waals surface area contributed by atoms with Crippen molar-refractivity contribution in [1.82, 2.24) is 14.6 Å². The third-order valence-electron chi connectivity index (χ3n) is 9.22. The zero-order chi connectivity index (χ0) is 39.5. The van der Waals surface area contributed by atoms with Crippen LogP contribution in [-0.4, -0.2) is 80.1 Å². The monoisotopic (exact) mass is 794 g/mol. The van der Waals surface area contributed by atoms with E-state index < -0.39 is 31.4 Å². The van der Waals surface area contributed by atoms with Gasteiger partial charge in [0.25, 0.3) is 21.6 Å². The summed E-state index contributed by atoms with van der Waals surface area (Å²) in [6.07, 6.45) is 4.43. The van der Waals surface area contributed by atoms with Gasteiger partial charge in [-0.1, -0.05) is 42.5 Å². The van der Waals surface area contributed by atoms with E-state index >= 15 is 0 Å². The number of nitro groups is 1. The van der Waals surface area contributed by atoms with E-state index in [4.69, 9.17) is 4.74 Å². The molecule has 6 rings (SSSR count). The Morgan fingerprint density at radius 1 is 0.911 bits per heavy atom. The summed E-state index contributed by atoms with van der Waals surface area (Å²) >= 11 is 1.58. The molecule has 1 aliphatic rings. The van der Waals surface area contributed by atoms with Gasteiger partial charge < -0.3 is 19.9 Å². The van der Waals surface area contributed by atoms with Crippen molar-refractivity contribution in [3.8, 4) is 16.9 Å². The number of pyridine rings is 1. The van der Waals surface area contributed by atoms with E-state index in [1.807, 2.05) is 77.2 Å². The van der Waals surface area contributed by atoms with Crippen LogP contribution in [0.1, 0.15) is 29.3 Å². The molecule has 0 radical (unpaired) electrons. The summed E-state index contributed by atoms with van der Waals surface area (Å²) in [7, 11) is -4.42. The lowest BCUT2D eigenvalue weighted by molar-refractivity contribution is -0.384. The number of nitro benzene ring substituents is 1. The van der Waals surface area contributed by atoms with Crippen LogP contribution >= 0.6 is 11.8 Å². The maximum Gasteiger partial charge on any atom is 0.293 e. The van der Waals surface area contributed by atoms with Crippen LogP contribution in [0.3, 0.4) is 0 Å². The first-order chi connectivity index (χ1) is 27.1. The van der Waals surface area contributed by atoms with Crippen LogP contribution in [0.4, 0.5) is 17.1 Å². The molecule has 0 saturated carbocycles. The maximum atomic E-state index is 13.2. The number of hydrogen-bond acceptors (Lipinski definition) is 11. The topological polar surface area (TPSA) is 164 Å². The van der Waals surface area contributed by atoms with Crippen molar-refractivity contribution in [3.63, 3.8) is 0 Å². The lowest BCUT2D eigenvalue weighted by Crippen LogP contribution is -2.48. The van der Waals surface area contributed by atoms with Crippen molar-refractivity contribution in [2.75, 3.05) is 55.3 Å². The first-order valence-corrected chi connectivity index (χ1v) is 20.6. The van der Waals surface area contributed by atoms with E-state index in [-0.39, 0.29) is 17.2 Å². The molecule has 1 aliphatic heterocycles. The number of benzene rings is 4. The molecule has 5 aromatic rings. The van der Waals surface area contributed by atoms with Gasteiger partial charge >= 0.3 is 0 Å². The second-order valence-corrected chi connectivity index (χ2v) is 15.7. The number of nitrogens with one attached hydrogen (secondary N) is 2. The van der Waals surface area contributed by atoms with Crippen LogP contribution in [0.15, 0.2) is 125 Å².